The van der Waals surface area contributed by atoms with E-state index in [2.05, 4.69) is 29.5 Å². The Bertz CT molecular complexity index is 793. The van der Waals surface area contributed by atoms with Crippen LogP contribution < -0.4 is 16.4 Å². The average molecular weight is 414 g/mol. The zero-order chi connectivity index (χ0) is 21.3. The average Bonchev–Trinajstić information content (AvgIpc) is 2.57. The van der Waals surface area contributed by atoms with Crippen LogP contribution in [-0.2, 0) is 9.84 Å². The molecule has 0 spiro atoms. The number of nitrogens with one attached hydrogen (secondary N) is 2. The molecule has 10 heteroatoms. The largest absolute Gasteiger partial charge is 0.378 e. The third kappa shape index (κ3) is 8.55. The maximum absolute atomic E-state index is 11.6. The normalized spacial score (nSPS) is 13.4. The molecule has 0 amide bonds. The molecule has 1 atom stereocenters. The zero-order valence-electron chi connectivity index (χ0n) is 16.9. The fourth-order valence-electron chi connectivity index (χ4n) is 2.61. The van der Waals surface area contributed by atoms with Gasteiger partial charge < -0.3 is 16.4 Å². The van der Waals surface area contributed by atoms with Crippen molar-refractivity contribution in [2.75, 3.05) is 24.7 Å². The number of nitrogens with two attached hydrogens (primary N) is 1. The summed E-state index contributed by atoms with van der Waals surface area (Å²) in [6.07, 6.45) is 4.30. The van der Waals surface area contributed by atoms with Crippen molar-refractivity contribution in [2.24, 2.45) is 16.6 Å². The van der Waals surface area contributed by atoms with E-state index in [4.69, 9.17) is 5.73 Å². The summed E-state index contributed by atoms with van der Waals surface area (Å²) in [5.74, 6) is 1.01. The Labute approximate surface area is 166 Å². The maximum Gasteiger partial charge on any atom is 0.293 e. The monoisotopic (exact) mass is 413 g/mol. The minimum absolute atomic E-state index is 0.0948. The van der Waals surface area contributed by atoms with Gasteiger partial charge in [0.05, 0.1) is 16.4 Å². The Hall–Kier alpha value is -2.36. The van der Waals surface area contributed by atoms with Gasteiger partial charge in [0, 0.05) is 24.9 Å². The number of aliphatic imine (C=N–C) groups is 1. The number of nitro groups is 1. The van der Waals surface area contributed by atoms with E-state index >= 15 is 0 Å². The van der Waals surface area contributed by atoms with Gasteiger partial charge in [-0.05, 0) is 31.4 Å². The number of hydrogen-bond donors (Lipinski definition) is 3. The molecule has 1 rings (SSSR count). The van der Waals surface area contributed by atoms with Gasteiger partial charge in [-0.25, -0.2) is 8.42 Å². The molecule has 1 aromatic rings. The van der Waals surface area contributed by atoms with Gasteiger partial charge in [-0.1, -0.05) is 26.7 Å². The lowest BCUT2D eigenvalue weighted by atomic mass is 10.0. The molecule has 0 saturated carbocycles. The van der Waals surface area contributed by atoms with E-state index in [0.717, 1.165) is 25.2 Å². The molecule has 0 aliphatic rings. The summed E-state index contributed by atoms with van der Waals surface area (Å²) in [5.41, 5.74) is 5.81. The van der Waals surface area contributed by atoms with Crippen LogP contribution in [-0.4, -0.2) is 44.7 Å². The van der Waals surface area contributed by atoms with E-state index in [0.29, 0.717) is 25.0 Å². The van der Waals surface area contributed by atoms with Crippen molar-refractivity contribution in [1.82, 2.24) is 5.32 Å². The van der Waals surface area contributed by atoms with Crippen LogP contribution in [0.3, 0.4) is 0 Å². The Morgan fingerprint density at radius 1 is 1.29 bits per heavy atom. The number of hydrogen-bond acceptors (Lipinski definition) is 6. The second-order valence-corrected chi connectivity index (χ2v) is 9.29. The molecule has 0 saturated heterocycles. The summed E-state index contributed by atoms with van der Waals surface area (Å²) in [6, 6.07) is 4.00. The number of benzene rings is 1. The predicted octanol–water partition coefficient (Wildman–Crippen LogP) is 2.53. The lowest BCUT2D eigenvalue weighted by Gasteiger charge is -2.15. The molecule has 28 heavy (non-hydrogen) atoms. The fourth-order valence-corrected chi connectivity index (χ4v) is 3.25. The summed E-state index contributed by atoms with van der Waals surface area (Å²) >= 11 is 0. The second kappa shape index (κ2) is 10.8. The van der Waals surface area contributed by atoms with Crippen LogP contribution in [0.25, 0.3) is 0 Å². The maximum atomic E-state index is 11.6. The second-order valence-electron chi connectivity index (χ2n) is 7.27. The Balaban J connectivity index is 2.56. The highest BCUT2D eigenvalue weighted by Gasteiger charge is 2.18. The van der Waals surface area contributed by atoms with Crippen molar-refractivity contribution in [1.29, 1.82) is 0 Å². The van der Waals surface area contributed by atoms with Gasteiger partial charge in [-0.15, -0.1) is 0 Å². The van der Waals surface area contributed by atoms with Crippen molar-refractivity contribution in [3.05, 3.63) is 28.3 Å². The minimum atomic E-state index is -3.51. The molecular weight excluding hydrogens is 382 g/mol. The van der Waals surface area contributed by atoms with Crippen LogP contribution in [0.5, 0.6) is 0 Å². The summed E-state index contributed by atoms with van der Waals surface area (Å²) in [5, 5.41) is 17.2. The van der Waals surface area contributed by atoms with E-state index in [1.54, 1.807) is 0 Å². The number of guanidine groups is 1. The number of nitrogens with zero attached hydrogens (tertiary/aromatic N) is 2. The third-order valence-electron chi connectivity index (χ3n) is 4.12. The zero-order valence-corrected chi connectivity index (χ0v) is 17.8. The van der Waals surface area contributed by atoms with Crippen LogP contribution in [0.15, 0.2) is 28.1 Å². The predicted molar refractivity (Wildman–Crippen MR) is 112 cm³/mol. The fraction of sp³-hybridized carbons (Fsp3) is 0.611. The SMILES string of the molecule is CC(C)CCCC(C)NC(N)=NCCNc1ccc(S(C)(=O)=O)cc1[N+](=O)[O-]. The number of nitro benzene ring substituents is 1. The highest BCUT2D eigenvalue weighted by atomic mass is 32.2. The number of sulfone groups is 1. The van der Waals surface area contributed by atoms with Crippen molar-refractivity contribution >= 4 is 27.2 Å². The van der Waals surface area contributed by atoms with Gasteiger partial charge in [-0.3, -0.25) is 15.1 Å². The molecule has 158 valence electrons. The molecule has 0 aliphatic heterocycles. The molecule has 0 bridgehead atoms. The van der Waals surface area contributed by atoms with E-state index in [9.17, 15) is 18.5 Å². The summed E-state index contributed by atoms with van der Waals surface area (Å²) < 4.78 is 23.1. The van der Waals surface area contributed by atoms with Gasteiger partial charge in [0.15, 0.2) is 15.8 Å². The molecule has 0 aromatic heterocycles. The Morgan fingerprint density at radius 3 is 2.54 bits per heavy atom. The van der Waals surface area contributed by atoms with E-state index in [1.807, 2.05) is 6.92 Å². The minimum Gasteiger partial charge on any atom is -0.378 e. The summed E-state index contributed by atoms with van der Waals surface area (Å²) in [4.78, 5) is 14.7. The van der Waals surface area contributed by atoms with E-state index < -0.39 is 14.8 Å². The van der Waals surface area contributed by atoms with Crippen LogP contribution in [0.1, 0.15) is 40.0 Å². The van der Waals surface area contributed by atoms with Crippen molar-refractivity contribution in [3.63, 3.8) is 0 Å². The van der Waals surface area contributed by atoms with Crippen LogP contribution >= 0.6 is 0 Å². The first-order chi connectivity index (χ1) is 13.0. The first-order valence-corrected chi connectivity index (χ1v) is 11.2. The van der Waals surface area contributed by atoms with Crippen molar-refractivity contribution in [3.8, 4) is 0 Å². The number of rotatable bonds is 11. The highest BCUT2D eigenvalue weighted by Crippen LogP contribution is 2.27. The third-order valence-corrected chi connectivity index (χ3v) is 5.23. The molecule has 4 N–H and O–H groups in total. The smallest absolute Gasteiger partial charge is 0.293 e. The topological polar surface area (TPSA) is 140 Å². The molecule has 9 nitrogen and oxygen atoms in total. The summed E-state index contributed by atoms with van der Waals surface area (Å²) in [6.45, 7) is 7.08. The van der Waals surface area contributed by atoms with Crippen molar-refractivity contribution < 1.29 is 13.3 Å². The lowest BCUT2D eigenvalue weighted by Crippen LogP contribution is -2.38. The molecule has 0 heterocycles. The van der Waals surface area contributed by atoms with E-state index in [1.165, 1.54) is 18.6 Å². The van der Waals surface area contributed by atoms with Crippen LogP contribution in [0.4, 0.5) is 11.4 Å². The van der Waals surface area contributed by atoms with Gasteiger partial charge >= 0.3 is 0 Å². The van der Waals surface area contributed by atoms with E-state index in [-0.39, 0.29) is 22.3 Å². The lowest BCUT2D eigenvalue weighted by molar-refractivity contribution is -0.384. The van der Waals surface area contributed by atoms with Gasteiger partial charge in [0.2, 0.25) is 0 Å². The quantitative estimate of drug-likeness (QED) is 0.166. The van der Waals surface area contributed by atoms with Gasteiger partial charge in [0.1, 0.15) is 5.69 Å². The summed E-state index contributed by atoms with van der Waals surface area (Å²) in [7, 11) is -3.51. The van der Waals surface area contributed by atoms with Crippen LogP contribution in [0.2, 0.25) is 0 Å². The molecule has 1 unspecified atom stereocenters. The molecular formula is C18H31N5O4S. The molecule has 0 radical (unpaired) electrons. The van der Waals surface area contributed by atoms with Crippen molar-refractivity contribution in [2.45, 2.75) is 51.0 Å². The molecule has 0 fully saturated rings. The van der Waals surface area contributed by atoms with Crippen LogP contribution in [0, 0.1) is 16.0 Å². The highest BCUT2D eigenvalue weighted by molar-refractivity contribution is 7.90. The molecule has 0 aliphatic carbocycles. The standard InChI is InChI=1S/C18H31N5O4S/c1-13(2)6-5-7-14(3)22-18(19)21-11-10-20-16-9-8-15(28(4,26)27)12-17(16)23(24)25/h8-9,12-14,20H,5-7,10-11H2,1-4H3,(H3,19,21,22). The molecule has 1 aromatic carbocycles. The Morgan fingerprint density at radius 2 is 1.96 bits per heavy atom. The van der Waals surface area contributed by atoms with Gasteiger partial charge in [0.25, 0.3) is 5.69 Å². The number of anilines is 1. The first-order valence-electron chi connectivity index (χ1n) is 9.29. The first kappa shape index (κ1) is 23.7. The Kier molecular flexibility index (Phi) is 9.17. The van der Waals surface area contributed by atoms with Gasteiger partial charge in [-0.2, -0.15) is 0 Å².